The van der Waals surface area contributed by atoms with E-state index in [-0.39, 0.29) is 13.2 Å². The lowest BCUT2D eigenvalue weighted by molar-refractivity contribution is 0.0520. The number of ether oxygens (including phenoxy) is 1. The highest BCUT2D eigenvalue weighted by molar-refractivity contribution is 8.67. The van der Waals surface area contributed by atoms with Gasteiger partial charge in [0.15, 0.2) is 0 Å². The van der Waals surface area contributed by atoms with E-state index in [4.69, 9.17) is 21.1 Å². The Hall–Kier alpha value is 0.190. The molecular weight excluding hydrogens is 329 g/mol. The highest BCUT2D eigenvalue weighted by atomic mass is 32.9. The minimum Gasteiger partial charge on any atom is -0.444 e. The second kappa shape index (κ2) is 8.16. The average Bonchev–Trinajstić information content (AvgIpc) is 2.68. The van der Waals surface area contributed by atoms with Crippen LogP contribution in [0.2, 0.25) is 0 Å². The molecule has 0 aromatic heterocycles. The van der Waals surface area contributed by atoms with Gasteiger partial charge in [-0.15, -0.1) is 0 Å². The van der Waals surface area contributed by atoms with Crippen molar-refractivity contribution in [3.8, 4) is 0 Å². The zero-order valence-electron chi connectivity index (χ0n) is 13.1. The molecule has 1 fully saturated rings. The molecule has 0 radical (unpaired) electrons. The Morgan fingerprint density at radius 1 is 1.48 bits per heavy atom. The van der Waals surface area contributed by atoms with Gasteiger partial charge >= 0.3 is 6.09 Å². The van der Waals surface area contributed by atoms with Crippen molar-refractivity contribution < 1.29 is 18.9 Å². The Morgan fingerprint density at radius 2 is 2.14 bits per heavy atom. The molecule has 0 spiro atoms. The van der Waals surface area contributed by atoms with Crippen LogP contribution in [0.15, 0.2) is 0 Å². The smallest absolute Gasteiger partial charge is 0.407 e. The lowest BCUT2D eigenvalue weighted by Crippen LogP contribution is -2.34. The fourth-order valence-corrected chi connectivity index (χ4v) is 7.03. The van der Waals surface area contributed by atoms with Gasteiger partial charge in [-0.2, -0.15) is 0 Å². The van der Waals surface area contributed by atoms with Gasteiger partial charge in [0.25, 0.3) is 0 Å². The number of nitrogens with one attached hydrogen (secondary N) is 1. The number of alkyl carbamates (subject to hydrolysis) is 1. The van der Waals surface area contributed by atoms with Gasteiger partial charge in [0.2, 0.25) is 5.69 Å². The van der Waals surface area contributed by atoms with Gasteiger partial charge < -0.3 is 19.5 Å². The maximum absolute atomic E-state index is 11.4. The third-order valence-corrected chi connectivity index (χ3v) is 7.84. The van der Waals surface area contributed by atoms with E-state index >= 15 is 0 Å². The molecule has 0 bridgehead atoms. The van der Waals surface area contributed by atoms with Crippen LogP contribution in [0.5, 0.6) is 0 Å². The number of rotatable bonds is 6. The van der Waals surface area contributed by atoms with Crippen LogP contribution in [0.4, 0.5) is 4.79 Å². The van der Waals surface area contributed by atoms with E-state index in [1.54, 1.807) is 20.8 Å². The zero-order valence-corrected chi connectivity index (χ0v) is 15.7. The normalized spacial score (nSPS) is 25.4. The summed E-state index contributed by atoms with van der Waals surface area (Å²) in [5.74, 6) is 0.577. The van der Waals surface area contributed by atoms with E-state index in [9.17, 15) is 9.69 Å². The van der Waals surface area contributed by atoms with Crippen molar-refractivity contribution in [3.63, 3.8) is 0 Å². The summed E-state index contributed by atoms with van der Waals surface area (Å²) in [4.78, 5) is 21.6. The second-order valence-corrected chi connectivity index (χ2v) is 12.6. The van der Waals surface area contributed by atoms with Gasteiger partial charge in [0.05, 0.1) is 6.61 Å². The van der Waals surface area contributed by atoms with Crippen molar-refractivity contribution >= 4 is 35.0 Å². The Labute approximate surface area is 136 Å². The molecule has 8 heteroatoms. The highest BCUT2D eigenvalue weighted by Gasteiger charge is 2.30. The molecule has 3 atom stereocenters. The molecule has 0 saturated heterocycles. The van der Waals surface area contributed by atoms with Gasteiger partial charge in [0.1, 0.15) is 5.60 Å². The number of hydrogen-bond acceptors (Lipinski definition) is 5. The maximum atomic E-state index is 11.4. The van der Waals surface area contributed by atoms with Crippen molar-refractivity contribution in [1.82, 2.24) is 5.32 Å². The van der Waals surface area contributed by atoms with Gasteiger partial charge in [0, 0.05) is 11.8 Å². The third kappa shape index (κ3) is 8.41. The standard InChI is InChI=1S/C13H26NO4PS2/c1-10-6-5-7-11(10)21-19(16,20)17-9-8-14-12(15)18-13(2,3)4/h10-11H,5-9H2,1-4H3,(H,14,15)(H,16,20)/t10-,11+,19?/m0/s1. The summed E-state index contributed by atoms with van der Waals surface area (Å²) in [7, 11) is 0. The summed E-state index contributed by atoms with van der Waals surface area (Å²) in [6, 6.07) is 0. The van der Waals surface area contributed by atoms with Crippen LogP contribution in [0.3, 0.4) is 0 Å². The zero-order chi connectivity index (χ0) is 16.1. The largest absolute Gasteiger partial charge is 0.444 e. The van der Waals surface area contributed by atoms with Crippen LogP contribution >= 0.6 is 17.1 Å². The third-order valence-electron chi connectivity index (χ3n) is 3.08. The van der Waals surface area contributed by atoms with Crippen LogP contribution in [0.1, 0.15) is 47.0 Å². The summed E-state index contributed by atoms with van der Waals surface area (Å²) in [6.07, 6.45) is 2.97. The van der Waals surface area contributed by atoms with Gasteiger partial charge in [-0.1, -0.05) is 24.7 Å². The summed E-state index contributed by atoms with van der Waals surface area (Å²) in [6.45, 7) is 8.06. The lowest BCUT2D eigenvalue weighted by atomic mass is 10.1. The molecule has 2 N–H and O–H groups in total. The van der Waals surface area contributed by atoms with Crippen molar-refractivity contribution in [2.24, 2.45) is 5.92 Å². The molecule has 0 heterocycles. The topological polar surface area (TPSA) is 67.8 Å². The quantitative estimate of drug-likeness (QED) is 0.560. The lowest BCUT2D eigenvalue weighted by Gasteiger charge is -2.22. The van der Waals surface area contributed by atoms with Crippen LogP contribution in [0.25, 0.3) is 0 Å². The van der Waals surface area contributed by atoms with E-state index in [0.717, 1.165) is 6.42 Å². The van der Waals surface area contributed by atoms with E-state index in [1.807, 2.05) is 0 Å². The fraction of sp³-hybridized carbons (Fsp3) is 0.923. The SMILES string of the molecule is C[C@H]1CCC[C@H]1SP(O)(=S)OCCNC(=O)OC(C)(C)C. The molecule has 1 aliphatic carbocycles. The molecule has 0 aliphatic heterocycles. The number of carbonyl (C=O) groups is 1. The molecule has 1 aliphatic rings. The minimum atomic E-state index is -2.82. The van der Waals surface area contributed by atoms with Crippen molar-refractivity contribution in [2.45, 2.75) is 57.8 Å². The average molecular weight is 355 g/mol. The van der Waals surface area contributed by atoms with Gasteiger partial charge in [-0.05, 0) is 51.3 Å². The second-order valence-electron chi connectivity index (χ2n) is 6.28. The molecular formula is C13H26NO4PS2. The Morgan fingerprint density at radius 3 is 2.67 bits per heavy atom. The molecule has 1 rings (SSSR count). The van der Waals surface area contributed by atoms with Crippen LogP contribution in [0, 0.1) is 5.92 Å². The van der Waals surface area contributed by atoms with E-state index in [0.29, 0.717) is 11.2 Å². The molecule has 21 heavy (non-hydrogen) atoms. The summed E-state index contributed by atoms with van der Waals surface area (Å²) >= 11 is 6.56. The van der Waals surface area contributed by atoms with Crippen molar-refractivity contribution in [2.75, 3.05) is 13.2 Å². The van der Waals surface area contributed by atoms with Crippen molar-refractivity contribution in [3.05, 3.63) is 0 Å². The van der Waals surface area contributed by atoms with Crippen LogP contribution in [-0.4, -0.2) is 35.0 Å². The van der Waals surface area contributed by atoms with Crippen LogP contribution in [-0.2, 0) is 21.1 Å². The maximum Gasteiger partial charge on any atom is 0.407 e. The van der Waals surface area contributed by atoms with Crippen LogP contribution < -0.4 is 5.32 Å². The highest BCUT2D eigenvalue weighted by Crippen LogP contribution is 2.61. The summed E-state index contributed by atoms with van der Waals surface area (Å²) < 4.78 is 10.5. The van der Waals surface area contributed by atoms with Gasteiger partial charge in [-0.3, -0.25) is 0 Å². The first-order valence-electron chi connectivity index (χ1n) is 7.22. The molecule has 1 amide bonds. The monoisotopic (exact) mass is 355 g/mol. The minimum absolute atomic E-state index is 0.196. The first kappa shape index (κ1) is 19.2. The van der Waals surface area contributed by atoms with E-state index in [2.05, 4.69) is 12.2 Å². The Bertz CT molecular complexity index is 400. The fourth-order valence-electron chi connectivity index (χ4n) is 2.10. The van der Waals surface area contributed by atoms with E-state index in [1.165, 1.54) is 24.2 Å². The first-order chi connectivity index (χ1) is 9.59. The number of amides is 1. The summed E-state index contributed by atoms with van der Waals surface area (Å²) in [5.41, 5.74) is -3.34. The molecule has 0 aromatic carbocycles. The predicted octanol–water partition coefficient (Wildman–Crippen LogP) is 3.67. The Balaban J connectivity index is 2.21. The molecule has 1 unspecified atom stereocenters. The predicted molar refractivity (Wildman–Crippen MR) is 91.1 cm³/mol. The summed E-state index contributed by atoms with van der Waals surface area (Å²) in [5, 5.41) is 2.97. The molecule has 0 aromatic rings. The number of carbonyl (C=O) groups excluding carboxylic acids is 1. The molecule has 5 nitrogen and oxygen atoms in total. The molecule has 1 saturated carbocycles. The first-order valence-corrected chi connectivity index (χ1v) is 11.4. The van der Waals surface area contributed by atoms with Crippen molar-refractivity contribution in [1.29, 1.82) is 0 Å². The number of hydrogen-bond donors (Lipinski definition) is 2. The molecule has 124 valence electrons. The van der Waals surface area contributed by atoms with Gasteiger partial charge in [-0.25, -0.2) is 4.79 Å². The Kier molecular flexibility index (Phi) is 7.47. The van der Waals surface area contributed by atoms with E-state index < -0.39 is 17.4 Å².